The van der Waals surface area contributed by atoms with Crippen LogP contribution in [0.3, 0.4) is 0 Å². The molecule has 0 aromatic carbocycles. The average Bonchev–Trinajstić information content (AvgIpc) is 2.89. The van der Waals surface area contributed by atoms with Crippen LogP contribution in [0, 0.1) is 5.41 Å². The van der Waals surface area contributed by atoms with Gasteiger partial charge in [0, 0.05) is 32.5 Å². The predicted octanol–water partition coefficient (Wildman–Crippen LogP) is 1.04. The second-order valence-corrected chi connectivity index (χ2v) is 6.71. The Morgan fingerprint density at radius 2 is 2.29 bits per heavy atom. The first kappa shape index (κ1) is 14.5. The van der Waals surface area contributed by atoms with E-state index < -0.39 is 0 Å². The Balaban J connectivity index is 1.63. The van der Waals surface area contributed by atoms with E-state index in [1.165, 1.54) is 6.42 Å². The molecule has 1 unspecified atom stereocenters. The molecule has 1 saturated heterocycles. The van der Waals surface area contributed by atoms with Crippen molar-refractivity contribution in [2.24, 2.45) is 18.2 Å². The molecule has 1 aliphatic carbocycles. The Morgan fingerprint density at radius 3 is 2.86 bits per heavy atom. The number of carbonyl (C=O) groups is 1. The highest BCUT2D eigenvalue weighted by Gasteiger charge is 2.39. The first-order valence-electron chi connectivity index (χ1n) is 7.95. The van der Waals surface area contributed by atoms with Crippen LogP contribution in [-0.4, -0.2) is 45.2 Å². The fraction of sp³-hybridized carbons (Fsp3) is 0.800. The van der Waals surface area contributed by atoms with Gasteiger partial charge in [0.15, 0.2) is 0 Å². The molecule has 3 rings (SSSR count). The fourth-order valence-corrected chi connectivity index (χ4v) is 3.64. The number of aromatic nitrogens is 3. The molecule has 1 atom stereocenters. The van der Waals surface area contributed by atoms with E-state index in [9.17, 15) is 4.79 Å². The van der Waals surface area contributed by atoms with Crippen LogP contribution in [0.15, 0.2) is 6.33 Å². The van der Waals surface area contributed by atoms with Gasteiger partial charge in [-0.3, -0.25) is 4.79 Å². The molecule has 2 aliphatic rings. The summed E-state index contributed by atoms with van der Waals surface area (Å²) in [6.45, 7) is 2.28. The molecule has 1 aromatic rings. The number of carbonyl (C=O) groups excluding carboxylic acids is 1. The molecular formula is C15H25N5O. The van der Waals surface area contributed by atoms with Crippen molar-refractivity contribution in [3.05, 3.63) is 12.2 Å². The molecule has 116 valence electrons. The standard InChI is InChI=1S/C15H25N5O/c1-19-11-17-18-14(19)12-4-2-7-20(9-12)13(21)8-15(10-16)5-3-6-15/h11-12H,2-10,16H2,1H3. The number of amides is 1. The zero-order valence-corrected chi connectivity index (χ0v) is 12.8. The number of rotatable bonds is 4. The van der Waals surface area contributed by atoms with Gasteiger partial charge in [0.05, 0.1) is 0 Å². The van der Waals surface area contributed by atoms with E-state index >= 15 is 0 Å². The third kappa shape index (κ3) is 2.81. The summed E-state index contributed by atoms with van der Waals surface area (Å²) >= 11 is 0. The van der Waals surface area contributed by atoms with Crippen LogP contribution in [-0.2, 0) is 11.8 Å². The van der Waals surface area contributed by atoms with Crippen molar-refractivity contribution in [2.45, 2.75) is 44.4 Å². The first-order valence-corrected chi connectivity index (χ1v) is 7.95. The zero-order chi connectivity index (χ0) is 14.9. The average molecular weight is 291 g/mol. The van der Waals surface area contributed by atoms with E-state index in [4.69, 9.17) is 5.73 Å². The molecule has 1 aromatic heterocycles. The minimum Gasteiger partial charge on any atom is -0.342 e. The Kier molecular flexibility index (Phi) is 3.97. The van der Waals surface area contributed by atoms with Crippen molar-refractivity contribution < 1.29 is 4.79 Å². The largest absolute Gasteiger partial charge is 0.342 e. The second-order valence-electron chi connectivity index (χ2n) is 6.71. The molecule has 0 bridgehead atoms. The maximum Gasteiger partial charge on any atom is 0.223 e. The van der Waals surface area contributed by atoms with Crippen LogP contribution in [0.25, 0.3) is 0 Å². The summed E-state index contributed by atoms with van der Waals surface area (Å²) in [6.07, 6.45) is 7.90. The van der Waals surface area contributed by atoms with Crippen LogP contribution in [0.5, 0.6) is 0 Å². The number of likely N-dealkylation sites (tertiary alicyclic amines) is 1. The van der Waals surface area contributed by atoms with E-state index in [2.05, 4.69) is 10.2 Å². The first-order chi connectivity index (χ1) is 10.1. The third-order valence-corrected chi connectivity index (χ3v) is 5.26. The molecule has 6 nitrogen and oxygen atoms in total. The maximum absolute atomic E-state index is 12.6. The van der Waals surface area contributed by atoms with Crippen LogP contribution < -0.4 is 5.73 Å². The van der Waals surface area contributed by atoms with Crippen molar-refractivity contribution in [3.8, 4) is 0 Å². The second kappa shape index (κ2) is 5.75. The summed E-state index contributed by atoms with van der Waals surface area (Å²) in [4.78, 5) is 14.6. The van der Waals surface area contributed by atoms with Crippen LogP contribution >= 0.6 is 0 Å². The Labute approximate surface area is 125 Å². The molecule has 2 heterocycles. The SMILES string of the molecule is Cn1cnnc1C1CCCN(C(=O)CC2(CN)CCC2)C1. The van der Waals surface area contributed by atoms with E-state index in [1.54, 1.807) is 6.33 Å². The lowest BCUT2D eigenvalue weighted by atomic mass is 9.66. The van der Waals surface area contributed by atoms with E-state index in [1.807, 2.05) is 16.5 Å². The minimum atomic E-state index is 0.0921. The van der Waals surface area contributed by atoms with Gasteiger partial charge >= 0.3 is 0 Å². The summed E-state index contributed by atoms with van der Waals surface area (Å²) in [6, 6.07) is 0. The highest BCUT2D eigenvalue weighted by atomic mass is 16.2. The lowest BCUT2D eigenvalue weighted by molar-refractivity contribution is -0.136. The fourth-order valence-electron chi connectivity index (χ4n) is 3.64. The van der Waals surface area contributed by atoms with Gasteiger partial charge in [-0.2, -0.15) is 0 Å². The molecule has 6 heteroatoms. The topological polar surface area (TPSA) is 77.0 Å². The minimum absolute atomic E-state index is 0.0921. The van der Waals surface area contributed by atoms with E-state index in [-0.39, 0.29) is 11.3 Å². The van der Waals surface area contributed by atoms with Crippen molar-refractivity contribution in [1.29, 1.82) is 0 Å². The van der Waals surface area contributed by atoms with Crippen molar-refractivity contribution in [3.63, 3.8) is 0 Å². The summed E-state index contributed by atoms with van der Waals surface area (Å²) < 4.78 is 1.96. The molecule has 1 saturated carbocycles. The molecular weight excluding hydrogens is 266 g/mol. The summed E-state index contributed by atoms with van der Waals surface area (Å²) in [5.74, 6) is 1.57. The van der Waals surface area contributed by atoms with Gasteiger partial charge in [-0.1, -0.05) is 6.42 Å². The maximum atomic E-state index is 12.6. The van der Waals surface area contributed by atoms with Gasteiger partial charge in [-0.05, 0) is 37.6 Å². The Hall–Kier alpha value is -1.43. The lowest BCUT2D eigenvalue weighted by Crippen LogP contribution is -2.46. The van der Waals surface area contributed by atoms with Crippen LogP contribution in [0.4, 0.5) is 0 Å². The van der Waals surface area contributed by atoms with Gasteiger partial charge in [0.2, 0.25) is 5.91 Å². The van der Waals surface area contributed by atoms with Gasteiger partial charge in [0.1, 0.15) is 12.2 Å². The quantitative estimate of drug-likeness (QED) is 0.899. The smallest absolute Gasteiger partial charge is 0.223 e. The monoisotopic (exact) mass is 291 g/mol. The summed E-state index contributed by atoms with van der Waals surface area (Å²) in [7, 11) is 1.97. The Morgan fingerprint density at radius 1 is 1.48 bits per heavy atom. The van der Waals surface area contributed by atoms with Gasteiger partial charge in [0.25, 0.3) is 0 Å². The molecule has 1 aliphatic heterocycles. The molecule has 2 fully saturated rings. The van der Waals surface area contributed by atoms with Gasteiger partial charge < -0.3 is 15.2 Å². The van der Waals surface area contributed by atoms with Crippen molar-refractivity contribution in [1.82, 2.24) is 19.7 Å². The number of nitrogens with zero attached hydrogens (tertiary/aromatic N) is 4. The molecule has 2 N–H and O–H groups in total. The molecule has 0 spiro atoms. The predicted molar refractivity (Wildman–Crippen MR) is 79.5 cm³/mol. The summed E-state index contributed by atoms with van der Waals surface area (Å²) in [5.41, 5.74) is 5.97. The van der Waals surface area contributed by atoms with Crippen LogP contribution in [0.2, 0.25) is 0 Å². The third-order valence-electron chi connectivity index (χ3n) is 5.26. The number of hydrogen-bond acceptors (Lipinski definition) is 4. The molecule has 1 amide bonds. The van der Waals surface area contributed by atoms with Crippen molar-refractivity contribution >= 4 is 5.91 Å². The summed E-state index contributed by atoms with van der Waals surface area (Å²) in [5, 5.41) is 8.16. The number of hydrogen-bond donors (Lipinski definition) is 1. The van der Waals surface area contributed by atoms with Gasteiger partial charge in [-0.15, -0.1) is 10.2 Å². The number of nitrogens with two attached hydrogens (primary N) is 1. The van der Waals surface area contributed by atoms with E-state index in [0.29, 0.717) is 18.9 Å². The normalized spacial score (nSPS) is 24.7. The highest BCUT2D eigenvalue weighted by Crippen LogP contribution is 2.43. The van der Waals surface area contributed by atoms with Gasteiger partial charge in [-0.25, -0.2) is 0 Å². The number of aryl methyl sites for hydroxylation is 1. The van der Waals surface area contributed by atoms with Crippen molar-refractivity contribution in [2.75, 3.05) is 19.6 Å². The number of piperidine rings is 1. The zero-order valence-electron chi connectivity index (χ0n) is 12.8. The van der Waals surface area contributed by atoms with E-state index in [0.717, 1.165) is 44.6 Å². The highest BCUT2D eigenvalue weighted by molar-refractivity contribution is 5.77. The van der Waals surface area contributed by atoms with Crippen LogP contribution in [0.1, 0.15) is 50.3 Å². The Bertz CT molecular complexity index is 502. The lowest BCUT2D eigenvalue weighted by Gasteiger charge is -2.42. The molecule has 0 radical (unpaired) electrons. The molecule has 21 heavy (non-hydrogen) atoms.